The van der Waals surface area contributed by atoms with Gasteiger partial charge in [0.2, 0.25) is 10.0 Å². The molecule has 0 unspecified atom stereocenters. The van der Waals surface area contributed by atoms with Crippen molar-refractivity contribution in [2.75, 3.05) is 23.7 Å². The zero-order valence-corrected chi connectivity index (χ0v) is 19.6. The van der Waals surface area contributed by atoms with Crippen LogP contribution in [0.25, 0.3) is 0 Å². The summed E-state index contributed by atoms with van der Waals surface area (Å²) in [5.41, 5.74) is 1.67. The van der Waals surface area contributed by atoms with Crippen LogP contribution in [-0.2, 0) is 16.6 Å². The van der Waals surface area contributed by atoms with Crippen molar-refractivity contribution < 1.29 is 22.9 Å². The summed E-state index contributed by atoms with van der Waals surface area (Å²) < 4.78 is 31.6. The Bertz CT molecular complexity index is 1260. The minimum absolute atomic E-state index is 0.0341. The van der Waals surface area contributed by atoms with E-state index in [-0.39, 0.29) is 23.8 Å². The number of hydrogen-bond donors (Lipinski definition) is 1. The minimum atomic E-state index is -3.73. The van der Waals surface area contributed by atoms with Crippen LogP contribution in [0.3, 0.4) is 0 Å². The molecule has 10 heteroatoms. The van der Waals surface area contributed by atoms with Crippen LogP contribution in [0.15, 0.2) is 72.8 Å². The van der Waals surface area contributed by atoms with Crippen molar-refractivity contribution in [3.63, 3.8) is 0 Å². The molecule has 0 bridgehead atoms. The summed E-state index contributed by atoms with van der Waals surface area (Å²) in [5.74, 6) is 0.438. The van der Waals surface area contributed by atoms with E-state index in [1.165, 1.54) is 18.2 Å². The molecular formula is C24H25N3O6S. The van der Waals surface area contributed by atoms with E-state index < -0.39 is 14.9 Å². The van der Waals surface area contributed by atoms with Gasteiger partial charge in [-0.05, 0) is 42.3 Å². The molecule has 0 saturated heterocycles. The molecule has 0 saturated carbocycles. The van der Waals surface area contributed by atoms with Crippen molar-refractivity contribution in [3.8, 4) is 5.75 Å². The number of nitrogens with zero attached hydrogens (tertiary/aromatic N) is 2. The Labute approximate surface area is 198 Å². The molecule has 1 amide bonds. The largest absolute Gasteiger partial charge is 0.492 e. The zero-order valence-electron chi connectivity index (χ0n) is 18.8. The van der Waals surface area contributed by atoms with Gasteiger partial charge in [-0.15, -0.1) is 0 Å². The van der Waals surface area contributed by atoms with Gasteiger partial charge >= 0.3 is 0 Å². The Morgan fingerprint density at radius 2 is 1.74 bits per heavy atom. The highest BCUT2D eigenvalue weighted by molar-refractivity contribution is 7.92. The Balaban J connectivity index is 1.66. The van der Waals surface area contributed by atoms with E-state index in [1.54, 1.807) is 31.2 Å². The first-order chi connectivity index (χ1) is 16.1. The van der Waals surface area contributed by atoms with Crippen molar-refractivity contribution >= 4 is 27.3 Å². The van der Waals surface area contributed by atoms with Gasteiger partial charge in [0.25, 0.3) is 11.6 Å². The smallest absolute Gasteiger partial charge is 0.271 e. The third-order valence-electron chi connectivity index (χ3n) is 5.01. The van der Waals surface area contributed by atoms with Crippen molar-refractivity contribution in [3.05, 3.63) is 99.6 Å². The lowest BCUT2D eigenvalue weighted by Crippen LogP contribution is -2.30. The fourth-order valence-corrected chi connectivity index (χ4v) is 4.18. The van der Waals surface area contributed by atoms with Crippen LogP contribution < -0.4 is 14.4 Å². The fourth-order valence-electron chi connectivity index (χ4n) is 3.24. The molecule has 3 aromatic rings. The second kappa shape index (κ2) is 10.8. The molecule has 0 aliphatic rings. The number of rotatable bonds is 10. The van der Waals surface area contributed by atoms with Crippen LogP contribution in [0.1, 0.15) is 21.5 Å². The number of para-hydroxylation sites is 1. The maximum absolute atomic E-state index is 12.5. The summed E-state index contributed by atoms with van der Waals surface area (Å²) in [6.07, 6.45) is 1.05. The van der Waals surface area contributed by atoms with Crippen LogP contribution >= 0.6 is 0 Å². The molecule has 0 atom stereocenters. The first-order valence-corrected chi connectivity index (χ1v) is 12.3. The fraction of sp³-hybridized carbons (Fsp3) is 0.208. The summed E-state index contributed by atoms with van der Waals surface area (Å²) in [4.78, 5) is 23.0. The standard InChI is InChI=1S/C24H25N3O6S/c1-18-8-13-21(27(29)30)16-23(18)26(34(2,31)32)17-19-9-11-20(12-10-19)24(28)25-14-15-33-22-6-4-3-5-7-22/h3-13,16H,14-15,17H2,1-2H3,(H,25,28). The minimum Gasteiger partial charge on any atom is -0.492 e. The van der Waals surface area contributed by atoms with Gasteiger partial charge < -0.3 is 10.1 Å². The lowest BCUT2D eigenvalue weighted by molar-refractivity contribution is -0.384. The van der Waals surface area contributed by atoms with Crippen LogP contribution in [0.5, 0.6) is 5.75 Å². The highest BCUT2D eigenvalue weighted by atomic mass is 32.2. The Kier molecular flexibility index (Phi) is 7.85. The third kappa shape index (κ3) is 6.55. The lowest BCUT2D eigenvalue weighted by atomic mass is 10.1. The predicted molar refractivity (Wildman–Crippen MR) is 130 cm³/mol. The predicted octanol–water partition coefficient (Wildman–Crippen LogP) is 3.68. The lowest BCUT2D eigenvalue weighted by Gasteiger charge is -2.24. The average Bonchev–Trinajstić information content (AvgIpc) is 2.81. The number of nitro groups is 1. The molecule has 0 aliphatic carbocycles. The van der Waals surface area contributed by atoms with Crippen molar-refractivity contribution in [1.82, 2.24) is 5.32 Å². The molecule has 0 radical (unpaired) electrons. The number of sulfonamides is 1. The Morgan fingerprint density at radius 1 is 1.06 bits per heavy atom. The second-order valence-electron chi connectivity index (χ2n) is 7.61. The molecule has 0 spiro atoms. The van der Waals surface area contributed by atoms with Crippen molar-refractivity contribution in [2.24, 2.45) is 0 Å². The van der Waals surface area contributed by atoms with E-state index >= 15 is 0 Å². The van der Waals surface area contributed by atoms with E-state index in [9.17, 15) is 23.3 Å². The van der Waals surface area contributed by atoms with Gasteiger partial charge in [0.1, 0.15) is 12.4 Å². The van der Waals surface area contributed by atoms with E-state index in [1.807, 2.05) is 30.3 Å². The number of carbonyl (C=O) groups is 1. The van der Waals surface area contributed by atoms with Gasteiger partial charge in [0, 0.05) is 17.7 Å². The van der Waals surface area contributed by atoms with E-state index in [0.717, 1.165) is 16.3 Å². The highest BCUT2D eigenvalue weighted by Gasteiger charge is 2.22. The first-order valence-electron chi connectivity index (χ1n) is 10.4. The Morgan fingerprint density at radius 3 is 2.35 bits per heavy atom. The van der Waals surface area contributed by atoms with E-state index in [0.29, 0.717) is 29.8 Å². The van der Waals surface area contributed by atoms with Crippen LogP contribution in [0, 0.1) is 17.0 Å². The number of hydrogen-bond acceptors (Lipinski definition) is 6. The van der Waals surface area contributed by atoms with Gasteiger partial charge in [-0.1, -0.05) is 36.4 Å². The second-order valence-corrected chi connectivity index (χ2v) is 9.52. The molecule has 178 valence electrons. The van der Waals surface area contributed by atoms with Gasteiger partial charge in [0.05, 0.1) is 30.0 Å². The van der Waals surface area contributed by atoms with Crippen molar-refractivity contribution in [1.29, 1.82) is 0 Å². The van der Waals surface area contributed by atoms with Gasteiger partial charge in [-0.3, -0.25) is 19.2 Å². The Hall–Kier alpha value is -3.92. The highest BCUT2D eigenvalue weighted by Crippen LogP contribution is 2.29. The average molecular weight is 484 g/mol. The van der Waals surface area contributed by atoms with Gasteiger partial charge in [-0.2, -0.15) is 0 Å². The molecule has 3 aromatic carbocycles. The molecular weight excluding hydrogens is 458 g/mol. The molecule has 0 aromatic heterocycles. The zero-order chi connectivity index (χ0) is 24.7. The van der Waals surface area contributed by atoms with Crippen LogP contribution in [0.2, 0.25) is 0 Å². The number of amides is 1. The number of nitro benzene ring substituents is 1. The molecule has 1 N–H and O–H groups in total. The van der Waals surface area contributed by atoms with Gasteiger partial charge in [0.15, 0.2) is 0 Å². The molecule has 0 aliphatic heterocycles. The first kappa shape index (κ1) is 24.7. The summed E-state index contributed by atoms with van der Waals surface area (Å²) in [6, 6.07) is 19.9. The summed E-state index contributed by atoms with van der Waals surface area (Å²) >= 11 is 0. The monoisotopic (exact) mass is 483 g/mol. The van der Waals surface area contributed by atoms with Crippen molar-refractivity contribution in [2.45, 2.75) is 13.5 Å². The summed E-state index contributed by atoms with van der Waals surface area (Å²) in [7, 11) is -3.73. The van der Waals surface area contributed by atoms with E-state index in [4.69, 9.17) is 4.74 Å². The van der Waals surface area contributed by atoms with Gasteiger partial charge in [-0.25, -0.2) is 8.42 Å². The molecule has 34 heavy (non-hydrogen) atoms. The number of nitrogens with one attached hydrogen (secondary N) is 1. The molecule has 0 fully saturated rings. The number of aryl methyl sites for hydroxylation is 1. The normalized spacial score (nSPS) is 11.0. The number of benzene rings is 3. The number of anilines is 1. The maximum atomic E-state index is 12.5. The van der Waals surface area contributed by atoms with E-state index in [2.05, 4.69) is 5.32 Å². The molecule has 0 heterocycles. The summed E-state index contributed by atoms with van der Waals surface area (Å²) in [5, 5.41) is 13.9. The van der Waals surface area contributed by atoms with Crippen LogP contribution in [0.4, 0.5) is 11.4 Å². The SMILES string of the molecule is Cc1ccc([N+](=O)[O-])cc1N(Cc1ccc(C(=O)NCCOc2ccccc2)cc1)S(C)(=O)=O. The number of ether oxygens (including phenoxy) is 1. The number of non-ortho nitro benzene ring substituents is 1. The quantitative estimate of drug-likeness (QED) is 0.267. The summed E-state index contributed by atoms with van der Waals surface area (Å²) in [6.45, 7) is 2.29. The van der Waals surface area contributed by atoms with Crippen LogP contribution in [-0.4, -0.2) is 38.7 Å². The molecule has 3 rings (SSSR count). The maximum Gasteiger partial charge on any atom is 0.271 e. The number of carbonyl (C=O) groups excluding carboxylic acids is 1. The topological polar surface area (TPSA) is 119 Å². The molecule has 9 nitrogen and oxygen atoms in total. The third-order valence-corrected chi connectivity index (χ3v) is 6.14.